The van der Waals surface area contributed by atoms with Gasteiger partial charge in [-0.15, -0.1) is 0 Å². The number of pyridine rings is 1. The first-order chi connectivity index (χ1) is 11.7. The van der Waals surface area contributed by atoms with E-state index in [2.05, 4.69) is 11.1 Å². The first-order valence-electron chi connectivity index (χ1n) is 7.74. The van der Waals surface area contributed by atoms with Crippen LogP contribution in [0.15, 0.2) is 53.6 Å². The lowest BCUT2D eigenvalue weighted by atomic mass is 10.1. The molecule has 0 N–H and O–H groups in total. The Morgan fingerprint density at radius 1 is 1.12 bits per heavy atom. The molecule has 0 aliphatic carbocycles. The maximum atomic E-state index is 12.2. The normalized spacial score (nSPS) is 11.6. The summed E-state index contributed by atoms with van der Waals surface area (Å²) < 4.78 is 25.7. The second-order valence-electron chi connectivity index (χ2n) is 6.16. The Morgan fingerprint density at radius 2 is 1.88 bits per heavy atom. The van der Waals surface area contributed by atoms with Gasteiger partial charge in [0.25, 0.3) is 5.56 Å². The molecular weight excluding hydrogens is 338 g/mol. The molecule has 0 aliphatic rings. The largest absolute Gasteiger partial charge is 0.303 e. The van der Waals surface area contributed by atoms with Gasteiger partial charge in [0.15, 0.2) is 9.84 Å². The highest BCUT2D eigenvalue weighted by molar-refractivity contribution is 7.89. The third-order valence-corrected chi connectivity index (χ3v) is 4.57. The fourth-order valence-corrected chi connectivity index (χ4v) is 3.40. The predicted octanol–water partition coefficient (Wildman–Crippen LogP) is 2.32. The molecule has 0 bridgehead atoms. The van der Waals surface area contributed by atoms with Crippen LogP contribution in [0.2, 0.25) is 0 Å². The molecule has 0 amide bonds. The van der Waals surface area contributed by atoms with Crippen molar-refractivity contribution in [2.24, 2.45) is 0 Å². The Hall–Kier alpha value is -2.67. The summed E-state index contributed by atoms with van der Waals surface area (Å²) in [7, 11) is -3.28. The molecule has 3 aromatic rings. The number of aryl methyl sites for hydroxylation is 2. The summed E-state index contributed by atoms with van der Waals surface area (Å²) >= 11 is 0. The van der Waals surface area contributed by atoms with E-state index in [0.717, 1.165) is 28.9 Å². The van der Waals surface area contributed by atoms with Crippen LogP contribution >= 0.6 is 0 Å². The van der Waals surface area contributed by atoms with E-state index in [0.29, 0.717) is 5.69 Å². The second-order valence-corrected chi connectivity index (χ2v) is 8.27. The van der Waals surface area contributed by atoms with Crippen LogP contribution in [0, 0.1) is 13.8 Å². The van der Waals surface area contributed by atoms with Crippen molar-refractivity contribution in [3.63, 3.8) is 0 Å². The molecule has 0 radical (unpaired) electrons. The van der Waals surface area contributed by atoms with Crippen molar-refractivity contribution in [2.75, 3.05) is 6.26 Å². The van der Waals surface area contributed by atoms with E-state index in [9.17, 15) is 13.2 Å². The van der Waals surface area contributed by atoms with E-state index in [1.165, 1.54) is 16.8 Å². The van der Waals surface area contributed by atoms with Crippen LogP contribution in [0.4, 0.5) is 0 Å². The Labute approximate surface area is 146 Å². The zero-order valence-electron chi connectivity index (χ0n) is 14.3. The van der Waals surface area contributed by atoms with Gasteiger partial charge >= 0.3 is 0 Å². The summed E-state index contributed by atoms with van der Waals surface area (Å²) in [5, 5.41) is 0. The van der Waals surface area contributed by atoms with Gasteiger partial charge in [0.05, 0.1) is 11.4 Å². The van der Waals surface area contributed by atoms with Gasteiger partial charge in [0, 0.05) is 30.3 Å². The lowest BCUT2D eigenvalue weighted by Crippen LogP contribution is -2.23. The average Bonchev–Trinajstić information content (AvgIpc) is 2.90. The molecule has 7 heteroatoms. The topological polar surface area (TPSA) is 74.0 Å². The molecule has 0 saturated heterocycles. The van der Waals surface area contributed by atoms with Gasteiger partial charge in [-0.3, -0.25) is 4.79 Å². The van der Waals surface area contributed by atoms with E-state index >= 15 is 0 Å². The van der Waals surface area contributed by atoms with Gasteiger partial charge in [0.2, 0.25) is 0 Å². The minimum Gasteiger partial charge on any atom is -0.303 e. The zero-order valence-corrected chi connectivity index (χ0v) is 15.1. The van der Waals surface area contributed by atoms with Gasteiger partial charge in [0.1, 0.15) is 11.7 Å². The monoisotopic (exact) mass is 357 g/mol. The van der Waals surface area contributed by atoms with Gasteiger partial charge in [-0.25, -0.2) is 13.4 Å². The van der Waals surface area contributed by atoms with E-state index in [1.807, 2.05) is 42.8 Å². The Morgan fingerprint density at radius 3 is 2.52 bits per heavy atom. The summed E-state index contributed by atoms with van der Waals surface area (Å²) in [4.78, 5) is 16.8. The van der Waals surface area contributed by atoms with Crippen molar-refractivity contribution in [2.45, 2.75) is 19.7 Å². The molecule has 2 heterocycles. The Kier molecular flexibility index (Phi) is 4.34. The number of hydrogen-bond donors (Lipinski definition) is 0. The van der Waals surface area contributed by atoms with Crippen LogP contribution in [0.1, 0.15) is 11.4 Å². The van der Waals surface area contributed by atoms with Gasteiger partial charge in [-0.2, -0.15) is 0 Å². The molecule has 0 fully saturated rings. The standard InChI is InChI=1S/C18H19N3O3S/c1-13-5-4-6-15(9-13)17-11-21(14(2)19-17)16-7-8-20(18(22)10-16)12-25(3,23)24/h4-11H,12H2,1-3H3. The number of imidazole rings is 1. The van der Waals surface area contributed by atoms with Crippen molar-refractivity contribution < 1.29 is 8.42 Å². The first kappa shape index (κ1) is 17.2. The highest BCUT2D eigenvalue weighted by Gasteiger charge is 2.11. The third kappa shape index (κ3) is 3.88. The fourth-order valence-electron chi connectivity index (χ4n) is 2.68. The van der Waals surface area contributed by atoms with Crippen LogP contribution in [0.3, 0.4) is 0 Å². The van der Waals surface area contributed by atoms with Gasteiger partial charge in [-0.05, 0) is 26.0 Å². The molecule has 0 aliphatic heterocycles. The van der Waals surface area contributed by atoms with E-state index in [1.54, 1.807) is 6.07 Å². The number of rotatable bonds is 4. The van der Waals surface area contributed by atoms with Crippen molar-refractivity contribution in [1.82, 2.24) is 14.1 Å². The minimum absolute atomic E-state index is 0.330. The number of sulfone groups is 1. The molecule has 1 aromatic carbocycles. The van der Waals surface area contributed by atoms with Crippen molar-refractivity contribution in [1.29, 1.82) is 0 Å². The first-order valence-corrected chi connectivity index (χ1v) is 9.80. The van der Waals surface area contributed by atoms with Crippen LogP contribution in [0.25, 0.3) is 16.9 Å². The zero-order chi connectivity index (χ0) is 18.2. The van der Waals surface area contributed by atoms with Crippen LogP contribution in [-0.2, 0) is 15.7 Å². The molecule has 0 saturated carbocycles. The summed E-state index contributed by atoms with van der Waals surface area (Å²) in [6, 6.07) is 11.2. The maximum absolute atomic E-state index is 12.2. The number of aromatic nitrogens is 3. The van der Waals surface area contributed by atoms with Crippen molar-refractivity contribution in [3.8, 4) is 16.9 Å². The molecule has 6 nitrogen and oxygen atoms in total. The summed E-state index contributed by atoms with van der Waals surface area (Å²) in [6.45, 7) is 3.89. The number of hydrogen-bond acceptors (Lipinski definition) is 4. The molecule has 0 atom stereocenters. The molecule has 130 valence electrons. The SMILES string of the molecule is Cc1cccc(-c2cn(-c3ccn(CS(C)(=O)=O)c(=O)c3)c(C)n2)c1. The van der Waals surface area contributed by atoms with Crippen LogP contribution in [0.5, 0.6) is 0 Å². The van der Waals surface area contributed by atoms with Crippen molar-refractivity contribution >= 4 is 9.84 Å². The minimum atomic E-state index is -3.28. The van der Waals surface area contributed by atoms with Crippen LogP contribution in [-0.4, -0.2) is 28.8 Å². The summed E-state index contributed by atoms with van der Waals surface area (Å²) in [5.41, 5.74) is 3.26. The van der Waals surface area contributed by atoms with Gasteiger partial charge in [-0.1, -0.05) is 23.8 Å². The third-order valence-electron chi connectivity index (χ3n) is 3.83. The number of benzene rings is 1. The smallest absolute Gasteiger partial charge is 0.253 e. The lowest BCUT2D eigenvalue weighted by Gasteiger charge is -2.07. The van der Waals surface area contributed by atoms with E-state index in [4.69, 9.17) is 0 Å². The summed E-state index contributed by atoms with van der Waals surface area (Å²) in [6.07, 6.45) is 4.46. The highest BCUT2D eigenvalue weighted by Crippen LogP contribution is 2.21. The molecule has 0 spiro atoms. The van der Waals surface area contributed by atoms with E-state index in [-0.39, 0.29) is 11.4 Å². The molecule has 0 unspecified atom stereocenters. The quantitative estimate of drug-likeness (QED) is 0.718. The Balaban J connectivity index is 2.00. The second kappa shape index (κ2) is 6.33. The Bertz CT molecular complexity index is 1090. The highest BCUT2D eigenvalue weighted by atomic mass is 32.2. The molecule has 2 aromatic heterocycles. The molecule has 25 heavy (non-hydrogen) atoms. The predicted molar refractivity (Wildman–Crippen MR) is 97.6 cm³/mol. The summed E-state index contributed by atoms with van der Waals surface area (Å²) in [5.74, 6) is 0.417. The van der Waals surface area contributed by atoms with Crippen LogP contribution < -0.4 is 5.56 Å². The van der Waals surface area contributed by atoms with E-state index < -0.39 is 9.84 Å². The number of nitrogens with zero attached hydrogens (tertiary/aromatic N) is 3. The fraction of sp³-hybridized carbons (Fsp3) is 0.222. The molecule has 3 rings (SSSR count). The average molecular weight is 357 g/mol. The van der Waals surface area contributed by atoms with Crippen molar-refractivity contribution in [3.05, 3.63) is 70.5 Å². The maximum Gasteiger partial charge on any atom is 0.253 e. The lowest BCUT2D eigenvalue weighted by molar-refractivity contribution is 0.588. The molecular formula is C18H19N3O3S. The van der Waals surface area contributed by atoms with Gasteiger partial charge < -0.3 is 9.13 Å².